The molecule has 1 aromatic heterocycles. The molecule has 0 fully saturated rings. The summed E-state index contributed by atoms with van der Waals surface area (Å²) in [6.45, 7) is 0. The fraction of sp³-hybridized carbons (Fsp3) is 0.333. The molecule has 1 heterocycles. The largest absolute Gasteiger partial charge is 0.481 e. The molecule has 0 radical (unpaired) electrons. The Morgan fingerprint density at radius 3 is 2.92 bits per heavy atom. The minimum absolute atomic E-state index is 0.0440. The number of alkyl halides is 2. The molecule has 0 bridgehead atoms. The first-order valence-corrected chi connectivity index (χ1v) is 3.13. The molecule has 0 aromatic carbocycles. The number of nitrogens with one attached hydrogen (secondary N) is 1. The van der Waals surface area contributed by atoms with Crippen LogP contribution in [-0.4, -0.2) is 21.3 Å². The van der Waals surface area contributed by atoms with Crippen molar-refractivity contribution in [1.82, 2.24) is 10.2 Å². The molecule has 0 aliphatic heterocycles. The topological polar surface area (TPSA) is 66.0 Å². The van der Waals surface area contributed by atoms with E-state index in [0.717, 1.165) is 6.20 Å². The molecule has 0 unspecified atom stereocenters. The average molecular weight is 176 g/mol. The summed E-state index contributed by atoms with van der Waals surface area (Å²) in [5, 5.41) is 13.8. The van der Waals surface area contributed by atoms with Gasteiger partial charge in [0.2, 0.25) is 0 Å². The number of aliphatic carboxylic acids is 1. The third-order valence-electron chi connectivity index (χ3n) is 1.31. The smallest absolute Gasteiger partial charge is 0.309 e. The molecule has 12 heavy (non-hydrogen) atoms. The van der Waals surface area contributed by atoms with Gasteiger partial charge >= 0.3 is 5.97 Å². The van der Waals surface area contributed by atoms with Gasteiger partial charge in [0.15, 0.2) is 0 Å². The Labute approximate surface area is 66.2 Å². The lowest BCUT2D eigenvalue weighted by molar-refractivity contribution is -0.136. The molecule has 4 nitrogen and oxygen atoms in total. The number of carboxylic acid groups (broad SMARTS) is 1. The molecule has 0 aliphatic carbocycles. The predicted molar refractivity (Wildman–Crippen MR) is 34.9 cm³/mol. The zero-order valence-corrected chi connectivity index (χ0v) is 5.92. The number of H-pyrrole nitrogens is 1. The van der Waals surface area contributed by atoms with Crippen LogP contribution in [-0.2, 0) is 11.2 Å². The van der Waals surface area contributed by atoms with E-state index in [1.807, 2.05) is 0 Å². The van der Waals surface area contributed by atoms with Gasteiger partial charge in [-0.2, -0.15) is 5.10 Å². The van der Waals surface area contributed by atoms with Gasteiger partial charge in [0.25, 0.3) is 6.43 Å². The Hall–Kier alpha value is -1.46. The van der Waals surface area contributed by atoms with Crippen molar-refractivity contribution in [3.63, 3.8) is 0 Å². The predicted octanol–water partition coefficient (Wildman–Crippen LogP) is 0.974. The molecule has 0 saturated carbocycles. The zero-order valence-electron chi connectivity index (χ0n) is 5.92. The second-order valence-corrected chi connectivity index (χ2v) is 2.18. The molecular formula is C6H6F2N2O2. The maximum Gasteiger partial charge on any atom is 0.309 e. The van der Waals surface area contributed by atoms with E-state index in [-0.39, 0.29) is 11.3 Å². The van der Waals surface area contributed by atoms with Crippen molar-refractivity contribution in [1.29, 1.82) is 0 Å². The molecule has 0 aliphatic rings. The molecular weight excluding hydrogens is 170 g/mol. The van der Waals surface area contributed by atoms with Gasteiger partial charge in [-0.15, -0.1) is 0 Å². The monoisotopic (exact) mass is 176 g/mol. The fourth-order valence-electron chi connectivity index (χ4n) is 0.803. The van der Waals surface area contributed by atoms with E-state index in [1.165, 1.54) is 0 Å². The minimum Gasteiger partial charge on any atom is -0.481 e. The lowest BCUT2D eigenvalue weighted by atomic mass is 10.2. The van der Waals surface area contributed by atoms with Gasteiger partial charge in [-0.3, -0.25) is 9.89 Å². The highest BCUT2D eigenvalue weighted by atomic mass is 19.3. The molecule has 0 amide bonds. The van der Waals surface area contributed by atoms with Gasteiger partial charge < -0.3 is 5.11 Å². The molecule has 2 N–H and O–H groups in total. The van der Waals surface area contributed by atoms with Crippen LogP contribution < -0.4 is 0 Å². The van der Waals surface area contributed by atoms with Crippen LogP contribution in [0.4, 0.5) is 8.78 Å². The molecule has 1 rings (SSSR count). The number of carboxylic acids is 1. The number of aromatic nitrogens is 2. The van der Waals surface area contributed by atoms with Crippen molar-refractivity contribution in [2.45, 2.75) is 12.8 Å². The van der Waals surface area contributed by atoms with Crippen LogP contribution in [0.15, 0.2) is 6.20 Å². The van der Waals surface area contributed by atoms with Crippen molar-refractivity contribution in [2.24, 2.45) is 0 Å². The Kier molecular flexibility index (Phi) is 2.37. The van der Waals surface area contributed by atoms with Gasteiger partial charge in [0.05, 0.1) is 23.9 Å². The van der Waals surface area contributed by atoms with E-state index in [2.05, 4.69) is 10.2 Å². The normalized spacial score (nSPS) is 10.6. The lowest BCUT2D eigenvalue weighted by Crippen LogP contribution is -2.03. The minimum atomic E-state index is -2.68. The third kappa shape index (κ3) is 1.77. The summed E-state index contributed by atoms with van der Waals surface area (Å²) in [4.78, 5) is 10.1. The highest BCUT2D eigenvalue weighted by Gasteiger charge is 2.16. The van der Waals surface area contributed by atoms with Gasteiger partial charge in [-0.05, 0) is 0 Å². The summed E-state index contributed by atoms with van der Waals surface area (Å²) in [5.74, 6) is -1.17. The second kappa shape index (κ2) is 3.29. The summed E-state index contributed by atoms with van der Waals surface area (Å²) >= 11 is 0. The number of hydrogen-bond donors (Lipinski definition) is 2. The maximum absolute atomic E-state index is 12.1. The van der Waals surface area contributed by atoms with Crippen LogP contribution in [0.5, 0.6) is 0 Å². The lowest BCUT2D eigenvalue weighted by Gasteiger charge is -1.97. The first kappa shape index (κ1) is 8.63. The fourth-order valence-corrected chi connectivity index (χ4v) is 0.803. The summed E-state index contributed by atoms with van der Waals surface area (Å²) < 4.78 is 24.1. The van der Waals surface area contributed by atoms with Crippen molar-refractivity contribution in [2.75, 3.05) is 0 Å². The number of rotatable bonds is 3. The van der Waals surface area contributed by atoms with Crippen molar-refractivity contribution >= 4 is 5.97 Å². The van der Waals surface area contributed by atoms with Crippen LogP contribution in [0.2, 0.25) is 0 Å². The molecule has 6 heteroatoms. The summed E-state index contributed by atoms with van der Waals surface area (Å²) in [5.41, 5.74) is -0.394. The van der Waals surface area contributed by atoms with Gasteiger partial charge in [-0.1, -0.05) is 0 Å². The van der Waals surface area contributed by atoms with Crippen LogP contribution in [0, 0.1) is 0 Å². The van der Waals surface area contributed by atoms with Crippen LogP contribution >= 0.6 is 0 Å². The summed E-state index contributed by atoms with van der Waals surface area (Å²) in [7, 11) is 0. The Balaban J connectivity index is 2.84. The highest BCUT2D eigenvalue weighted by molar-refractivity contribution is 5.69. The van der Waals surface area contributed by atoms with E-state index in [9.17, 15) is 13.6 Å². The number of nitrogens with zero attached hydrogens (tertiary/aromatic N) is 1. The number of hydrogen-bond acceptors (Lipinski definition) is 2. The zero-order chi connectivity index (χ0) is 9.14. The van der Waals surface area contributed by atoms with Crippen molar-refractivity contribution in [3.05, 3.63) is 17.5 Å². The maximum atomic E-state index is 12.1. The Morgan fingerprint density at radius 2 is 2.42 bits per heavy atom. The van der Waals surface area contributed by atoms with E-state index in [4.69, 9.17) is 5.11 Å². The van der Waals surface area contributed by atoms with Crippen molar-refractivity contribution < 1.29 is 18.7 Å². The van der Waals surface area contributed by atoms with E-state index < -0.39 is 18.8 Å². The Bertz CT molecular complexity index is 285. The summed E-state index contributed by atoms with van der Waals surface area (Å²) in [6.07, 6.45) is -2.21. The quantitative estimate of drug-likeness (QED) is 0.721. The summed E-state index contributed by atoms with van der Waals surface area (Å²) in [6, 6.07) is 0. The van der Waals surface area contributed by atoms with Crippen molar-refractivity contribution in [3.8, 4) is 0 Å². The van der Waals surface area contributed by atoms with Gasteiger partial charge in [-0.25, -0.2) is 8.78 Å². The standard InChI is InChI=1S/C6H6F2N2O2/c7-6(8)3-2-9-10-4(3)1-5(11)12/h2,6H,1H2,(H,9,10)(H,11,12). The van der Waals surface area contributed by atoms with E-state index in [0.29, 0.717) is 0 Å². The number of halogens is 2. The molecule has 66 valence electrons. The Morgan fingerprint density at radius 1 is 1.75 bits per heavy atom. The van der Waals surface area contributed by atoms with Crippen LogP contribution in [0.3, 0.4) is 0 Å². The van der Waals surface area contributed by atoms with Crippen LogP contribution in [0.1, 0.15) is 17.7 Å². The second-order valence-electron chi connectivity index (χ2n) is 2.18. The third-order valence-corrected chi connectivity index (χ3v) is 1.31. The number of aromatic amines is 1. The molecule has 0 spiro atoms. The van der Waals surface area contributed by atoms with Gasteiger partial charge in [0, 0.05) is 0 Å². The van der Waals surface area contributed by atoms with E-state index >= 15 is 0 Å². The highest BCUT2D eigenvalue weighted by Crippen LogP contribution is 2.20. The SMILES string of the molecule is O=C(O)Cc1[nH]ncc1C(F)F. The molecule has 0 atom stereocenters. The first-order chi connectivity index (χ1) is 5.61. The van der Waals surface area contributed by atoms with Gasteiger partial charge in [0.1, 0.15) is 0 Å². The first-order valence-electron chi connectivity index (χ1n) is 3.13. The van der Waals surface area contributed by atoms with Crippen LogP contribution in [0.25, 0.3) is 0 Å². The number of carbonyl (C=O) groups is 1. The molecule has 1 aromatic rings. The average Bonchev–Trinajstić information content (AvgIpc) is 2.33. The molecule has 0 saturated heterocycles. The van der Waals surface area contributed by atoms with E-state index in [1.54, 1.807) is 0 Å².